The van der Waals surface area contributed by atoms with E-state index in [4.69, 9.17) is 4.74 Å². The van der Waals surface area contributed by atoms with E-state index in [-0.39, 0.29) is 0 Å². The van der Waals surface area contributed by atoms with Crippen molar-refractivity contribution in [1.82, 2.24) is 4.98 Å². The third-order valence-electron chi connectivity index (χ3n) is 2.19. The lowest BCUT2D eigenvalue weighted by Gasteiger charge is -2.16. The van der Waals surface area contributed by atoms with Gasteiger partial charge in [0.1, 0.15) is 5.75 Å². The molecule has 2 heterocycles. The Labute approximate surface area is 81.9 Å². The largest absolute Gasteiger partial charge is 0.493 e. The van der Waals surface area contributed by atoms with Gasteiger partial charge in [-0.15, -0.1) is 0 Å². The highest BCUT2D eigenvalue weighted by atomic mass is 16.5. The smallest absolute Gasteiger partial charge is 0.356 e. The molecule has 0 radical (unpaired) electrons. The zero-order chi connectivity index (χ0) is 9.97. The number of fused-ring (bicyclic) bond motifs is 1. The number of carbonyl (C=O) groups is 1. The van der Waals surface area contributed by atoms with Crippen molar-refractivity contribution in [3.8, 4) is 5.75 Å². The normalized spacial score (nSPS) is 14.1. The van der Waals surface area contributed by atoms with Crippen molar-refractivity contribution in [2.45, 2.75) is 12.8 Å². The van der Waals surface area contributed by atoms with E-state index < -0.39 is 5.97 Å². The number of pyridine rings is 1. The zero-order valence-electron chi connectivity index (χ0n) is 7.95. The molecule has 0 fully saturated rings. The molecule has 74 valence electrons. The van der Waals surface area contributed by atoms with Gasteiger partial charge in [0.2, 0.25) is 0 Å². The minimum Gasteiger partial charge on any atom is -0.493 e. The van der Waals surface area contributed by atoms with Crippen molar-refractivity contribution in [1.29, 1.82) is 0 Å². The predicted octanol–water partition coefficient (Wildman–Crippen LogP) is 1.19. The number of nitrogens with zero attached hydrogens (tertiary/aromatic N) is 1. The van der Waals surface area contributed by atoms with Crippen LogP contribution >= 0.6 is 0 Å². The van der Waals surface area contributed by atoms with E-state index >= 15 is 0 Å². The van der Waals surface area contributed by atoms with Crippen LogP contribution in [-0.2, 0) is 11.2 Å². The Kier molecular flexibility index (Phi) is 2.35. The summed E-state index contributed by atoms with van der Waals surface area (Å²) >= 11 is 0. The molecular weight excluding hydrogens is 182 g/mol. The first-order valence-electron chi connectivity index (χ1n) is 4.51. The van der Waals surface area contributed by atoms with E-state index in [2.05, 4.69) is 9.72 Å². The summed E-state index contributed by atoms with van der Waals surface area (Å²) in [4.78, 5) is 15.2. The summed E-state index contributed by atoms with van der Waals surface area (Å²) in [6.45, 7) is 0.706. The van der Waals surface area contributed by atoms with Gasteiger partial charge in [0.15, 0.2) is 5.69 Å². The van der Waals surface area contributed by atoms with Crippen LogP contribution in [-0.4, -0.2) is 24.7 Å². The molecule has 0 unspecified atom stereocenters. The second-order valence-electron chi connectivity index (χ2n) is 3.12. The lowest BCUT2D eigenvalue weighted by atomic mass is 10.1. The van der Waals surface area contributed by atoms with Crippen LogP contribution in [0.5, 0.6) is 5.75 Å². The maximum absolute atomic E-state index is 11.2. The molecule has 0 N–H and O–H groups in total. The van der Waals surface area contributed by atoms with Gasteiger partial charge in [-0.1, -0.05) is 0 Å². The molecule has 0 saturated heterocycles. The van der Waals surface area contributed by atoms with Crippen molar-refractivity contribution in [2.24, 2.45) is 0 Å². The lowest BCUT2D eigenvalue weighted by molar-refractivity contribution is 0.0593. The number of methoxy groups -OCH3 is 1. The quantitative estimate of drug-likeness (QED) is 0.628. The highest BCUT2D eigenvalue weighted by Gasteiger charge is 2.14. The minimum atomic E-state index is -0.429. The Hall–Kier alpha value is -1.58. The minimum absolute atomic E-state index is 0.299. The number of esters is 1. The molecule has 0 bridgehead atoms. The SMILES string of the molecule is COC(=O)c1cc2c(cn1)CCCO2. The van der Waals surface area contributed by atoms with Crippen molar-refractivity contribution >= 4 is 5.97 Å². The summed E-state index contributed by atoms with van der Waals surface area (Å²) in [5, 5.41) is 0. The predicted molar refractivity (Wildman–Crippen MR) is 49.4 cm³/mol. The van der Waals surface area contributed by atoms with E-state index in [1.54, 1.807) is 12.3 Å². The Bertz CT molecular complexity index is 362. The van der Waals surface area contributed by atoms with Gasteiger partial charge < -0.3 is 9.47 Å². The van der Waals surface area contributed by atoms with Crippen molar-refractivity contribution < 1.29 is 14.3 Å². The molecule has 0 spiro atoms. The summed E-state index contributed by atoms with van der Waals surface area (Å²) in [5.74, 6) is 0.327. The average molecular weight is 193 g/mol. The number of hydrogen-bond acceptors (Lipinski definition) is 4. The highest BCUT2D eigenvalue weighted by Crippen LogP contribution is 2.24. The zero-order valence-corrected chi connectivity index (χ0v) is 7.95. The van der Waals surface area contributed by atoms with Crippen LogP contribution in [0.4, 0.5) is 0 Å². The number of aryl methyl sites for hydroxylation is 1. The summed E-state index contributed by atoms with van der Waals surface area (Å²) in [7, 11) is 1.34. The fraction of sp³-hybridized carbons (Fsp3) is 0.400. The van der Waals surface area contributed by atoms with E-state index in [9.17, 15) is 4.79 Å². The molecule has 1 aliphatic heterocycles. The molecule has 0 amide bonds. The van der Waals surface area contributed by atoms with Gasteiger partial charge in [0.25, 0.3) is 0 Å². The Balaban J connectivity index is 2.33. The van der Waals surface area contributed by atoms with E-state index in [1.165, 1.54) is 7.11 Å². The van der Waals surface area contributed by atoms with Crippen molar-refractivity contribution in [2.75, 3.05) is 13.7 Å². The van der Waals surface area contributed by atoms with Gasteiger partial charge in [0.05, 0.1) is 13.7 Å². The third-order valence-corrected chi connectivity index (χ3v) is 2.19. The second kappa shape index (κ2) is 3.65. The van der Waals surface area contributed by atoms with Gasteiger partial charge in [-0.05, 0) is 12.8 Å². The van der Waals surface area contributed by atoms with Gasteiger partial charge in [-0.2, -0.15) is 0 Å². The maximum Gasteiger partial charge on any atom is 0.356 e. The van der Waals surface area contributed by atoms with Crippen LogP contribution in [0.25, 0.3) is 0 Å². The Morgan fingerprint density at radius 2 is 2.50 bits per heavy atom. The fourth-order valence-corrected chi connectivity index (χ4v) is 1.45. The van der Waals surface area contributed by atoms with Gasteiger partial charge >= 0.3 is 5.97 Å². The van der Waals surface area contributed by atoms with Gasteiger partial charge in [-0.3, -0.25) is 0 Å². The first kappa shape index (κ1) is 8.99. The molecular formula is C10H11NO3. The molecule has 14 heavy (non-hydrogen) atoms. The van der Waals surface area contributed by atoms with Crippen LogP contribution in [0.2, 0.25) is 0 Å². The Morgan fingerprint density at radius 1 is 1.64 bits per heavy atom. The molecule has 0 aliphatic carbocycles. The average Bonchev–Trinajstić information content (AvgIpc) is 2.27. The lowest BCUT2D eigenvalue weighted by Crippen LogP contribution is -2.11. The first-order valence-corrected chi connectivity index (χ1v) is 4.51. The van der Waals surface area contributed by atoms with Crippen LogP contribution < -0.4 is 4.74 Å². The summed E-state index contributed by atoms with van der Waals surface area (Å²) in [6.07, 6.45) is 3.65. The number of rotatable bonds is 1. The molecule has 2 rings (SSSR count). The third kappa shape index (κ3) is 1.55. The number of aromatic nitrogens is 1. The molecule has 4 nitrogen and oxygen atoms in total. The second-order valence-corrected chi connectivity index (χ2v) is 3.12. The standard InChI is InChI=1S/C10H11NO3/c1-13-10(12)8-5-9-7(6-11-8)3-2-4-14-9/h5-6H,2-4H2,1H3. The van der Waals surface area contributed by atoms with Gasteiger partial charge in [-0.25, -0.2) is 9.78 Å². The monoisotopic (exact) mass is 193 g/mol. The van der Waals surface area contributed by atoms with Crippen LogP contribution in [0.15, 0.2) is 12.3 Å². The number of carbonyl (C=O) groups excluding carboxylic acids is 1. The molecule has 0 atom stereocenters. The summed E-state index contributed by atoms with van der Waals surface area (Å²) in [5.41, 5.74) is 1.36. The van der Waals surface area contributed by atoms with Gasteiger partial charge in [0, 0.05) is 17.8 Å². The maximum atomic E-state index is 11.2. The van der Waals surface area contributed by atoms with Crippen molar-refractivity contribution in [3.05, 3.63) is 23.5 Å². The number of hydrogen-bond donors (Lipinski definition) is 0. The number of ether oxygens (including phenoxy) is 2. The van der Waals surface area contributed by atoms with Crippen LogP contribution in [0.1, 0.15) is 22.5 Å². The Morgan fingerprint density at radius 3 is 3.29 bits per heavy atom. The van der Waals surface area contributed by atoms with Crippen LogP contribution in [0.3, 0.4) is 0 Å². The topological polar surface area (TPSA) is 48.4 Å². The van der Waals surface area contributed by atoms with E-state index in [0.717, 1.165) is 24.2 Å². The van der Waals surface area contributed by atoms with E-state index in [0.29, 0.717) is 12.3 Å². The van der Waals surface area contributed by atoms with Crippen molar-refractivity contribution in [3.63, 3.8) is 0 Å². The molecule has 1 aromatic heterocycles. The fourth-order valence-electron chi connectivity index (χ4n) is 1.45. The molecule has 0 aromatic carbocycles. The molecule has 1 aromatic rings. The summed E-state index contributed by atoms with van der Waals surface area (Å²) < 4.78 is 9.98. The first-order chi connectivity index (χ1) is 6.81. The molecule has 4 heteroatoms. The highest BCUT2D eigenvalue weighted by molar-refractivity contribution is 5.87. The summed E-state index contributed by atoms with van der Waals surface area (Å²) in [6, 6.07) is 1.64. The molecule has 0 saturated carbocycles. The van der Waals surface area contributed by atoms with E-state index in [1.807, 2.05) is 0 Å². The molecule has 1 aliphatic rings. The van der Waals surface area contributed by atoms with Crippen LogP contribution in [0, 0.1) is 0 Å².